The molecule has 1 amide bonds. The summed E-state index contributed by atoms with van der Waals surface area (Å²) in [7, 11) is 0. The summed E-state index contributed by atoms with van der Waals surface area (Å²) in [6.07, 6.45) is 8.18. The van der Waals surface area contributed by atoms with Gasteiger partial charge in [-0.05, 0) is 30.2 Å². The number of aromatic nitrogens is 3. The molecular weight excluding hydrogens is 394 g/mol. The molecule has 152 valence electrons. The van der Waals surface area contributed by atoms with E-state index in [1.165, 1.54) is 4.88 Å². The second kappa shape index (κ2) is 7.91. The molecule has 1 aliphatic rings. The molecule has 0 spiro atoms. The number of hydrogen-bond donors (Lipinski definition) is 1. The molecule has 1 saturated heterocycles. The largest absolute Gasteiger partial charge is 0.361 e. The Morgan fingerprint density at radius 2 is 2.00 bits per heavy atom. The lowest BCUT2D eigenvalue weighted by atomic mass is 10.1. The molecule has 0 bridgehead atoms. The van der Waals surface area contributed by atoms with Gasteiger partial charge >= 0.3 is 0 Å². The second-order valence-corrected chi connectivity index (χ2v) is 8.53. The average Bonchev–Trinajstić information content (AvgIpc) is 3.41. The molecule has 30 heavy (non-hydrogen) atoms. The molecule has 7 heteroatoms. The molecule has 0 atom stereocenters. The van der Waals surface area contributed by atoms with Crippen molar-refractivity contribution >= 4 is 50.3 Å². The van der Waals surface area contributed by atoms with E-state index in [9.17, 15) is 4.79 Å². The van der Waals surface area contributed by atoms with Gasteiger partial charge in [0.05, 0.1) is 5.39 Å². The number of aromatic amines is 1. The number of fused-ring (bicyclic) bond motifs is 2. The van der Waals surface area contributed by atoms with Crippen molar-refractivity contribution in [3.05, 3.63) is 59.4 Å². The van der Waals surface area contributed by atoms with Crippen molar-refractivity contribution in [1.82, 2.24) is 19.9 Å². The van der Waals surface area contributed by atoms with Gasteiger partial charge in [-0.25, -0.2) is 9.97 Å². The zero-order valence-corrected chi connectivity index (χ0v) is 17.7. The summed E-state index contributed by atoms with van der Waals surface area (Å²) in [5, 5.41) is 2.25. The van der Waals surface area contributed by atoms with E-state index >= 15 is 0 Å². The number of para-hydroxylation sites is 1. The maximum absolute atomic E-state index is 12.7. The molecule has 1 aromatic carbocycles. The van der Waals surface area contributed by atoms with Crippen molar-refractivity contribution in [1.29, 1.82) is 0 Å². The number of amides is 1. The lowest BCUT2D eigenvalue weighted by molar-refractivity contribution is -0.126. The zero-order chi connectivity index (χ0) is 20.5. The molecular formula is C23H23N5OS. The van der Waals surface area contributed by atoms with Crippen LogP contribution in [0.25, 0.3) is 27.2 Å². The number of piperazine rings is 1. The minimum atomic E-state index is 0.0524. The van der Waals surface area contributed by atoms with E-state index in [-0.39, 0.29) is 5.91 Å². The highest BCUT2D eigenvalue weighted by Crippen LogP contribution is 2.31. The number of thiophene rings is 1. The molecule has 0 saturated carbocycles. The predicted octanol–water partition coefficient (Wildman–Crippen LogP) is 4.10. The quantitative estimate of drug-likeness (QED) is 0.508. The summed E-state index contributed by atoms with van der Waals surface area (Å²) in [6, 6.07) is 10.3. The predicted molar refractivity (Wildman–Crippen MR) is 123 cm³/mol. The van der Waals surface area contributed by atoms with Crippen LogP contribution in [0.4, 0.5) is 5.82 Å². The Bertz CT molecular complexity index is 1230. The van der Waals surface area contributed by atoms with Crippen LogP contribution in [0.1, 0.15) is 17.4 Å². The fraction of sp³-hybridized carbons (Fsp3) is 0.261. The third-order valence-electron chi connectivity index (χ3n) is 5.63. The van der Waals surface area contributed by atoms with E-state index in [0.717, 1.165) is 52.0 Å². The van der Waals surface area contributed by atoms with Gasteiger partial charge in [0.1, 0.15) is 17.0 Å². The number of anilines is 1. The second-order valence-electron chi connectivity index (χ2n) is 7.42. The number of hydrogen-bond acceptors (Lipinski definition) is 5. The molecule has 3 aromatic heterocycles. The van der Waals surface area contributed by atoms with E-state index in [1.54, 1.807) is 23.7 Å². The first-order chi connectivity index (χ1) is 14.7. The summed E-state index contributed by atoms with van der Waals surface area (Å²) in [5.41, 5.74) is 2.11. The van der Waals surface area contributed by atoms with Crippen LogP contribution in [-0.4, -0.2) is 51.9 Å². The van der Waals surface area contributed by atoms with Crippen molar-refractivity contribution < 1.29 is 4.79 Å². The summed E-state index contributed by atoms with van der Waals surface area (Å²) >= 11 is 1.73. The number of carbonyl (C=O) groups is 1. The summed E-state index contributed by atoms with van der Waals surface area (Å²) in [5.74, 6) is 1.04. The number of nitrogens with zero attached hydrogens (tertiary/aromatic N) is 4. The first-order valence-electron chi connectivity index (χ1n) is 10.2. The minimum Gasteiger partial charge on any atom is -0.361 e. The van der Waals surface area contributed by atoms with Gasteiger partial charge in [0.25, 0.3) is 0 Å². The van der Waals surface area contributed by atoms with Gasteiger partial charge in [-0.1, -0.05) is 25.1 Å². The fourth-order valence-electron chi connectivity index (χ4n) is 3.96. The fourth-order valence-corrected chi connectivity index (χ4v) is 4.89. The summed E-state index contributed by atoms with van der Waals surface area (Å²) in [4.78, 5) is 31.5. The maximum atomic E-state index is 12.7. The van der Waals surface area contributed by atoms with E-state index < -0.39 is 0 Å². The van der Waals surface area contributed by atoms with Crippen LogP contribution < -0.4 is 4.90 Å². The standard InChI is InChI=1S/C23H23N5OS/c1-2-17-13-19-22(25-15-26-23(19)30-17)28-11-9-27(10-12-28)21(29)8-7-16-14-24-20-6-4-3-5-18(16)20/h3-8,13-15,24H,2,9-12H2,1H3/b8-7+. The summed E-state index contributed by atoms with van der Waals surface area (Å²) in [6.45, 7) is 5.08. The van der Waals surface area contributed by atoms with Crippen molar-refractivity contribution in [2.24, 2.45) is 0 Å². The molecule has 1 aliphatic heterocycles. The van der Waals surface area contributed by atoms with E-state index in [0.29, 0.717) is 13.1 Å². The number of nitrogens with one attached hydrogen (secondary N) is 1. The molecule has 5 rings (SSSR count). The third-order valence-corrected chi connectivity index (χ3v) is 6.81. The Hall–Kier alpha value is -3.19. The van der Waals surface area contributed by atoms with E-state index in [1.807, 2.05) is 35.4 Å². The minimum absolute atomic E-state index is 0.0524. The van der Waals surface area contributed by atoms with E-state index in [4.69, 9.17) is 0 Å². The molecule has 1 N–H and O–H groups in total. The first kappa shape index (κ1) is 18.8. The Morgan fingerprint density at radius 3 is 2.83 bits per heavy atom. The van der Waals surface area contributed by atoms with Gasteiger partial charge in [0.2, 0.25) is 5.91 Å². The monoisotopic (exact) mass is 417 g/mol. The molecule has 4 aromatic rings. The lowest BCUT2D eigenvalue weighted by Crippen LogP contribution is -2.48. The van der Waals surface area contributed by atoms with Crippen LogP contribution in [0.2, 0.25) is 0 Å². The van der Waals surface area contributed by atoms with Crippen molar-refractivity contribution in [2.45, 2.75) is 13.3 Å². The van der Waals surface area contributed by atoms with Crippen LogP contribution in [0.15, 0.2) is 48.9 Å². The molecule has 0 radical (unpaired) electrons. The Labute approximate surface area is 178 Å². The van der Waals surface area contributed by atoms with Crippen molar-refractivity contribution in [2.75, 3.05) is 31.1 Å². The van der Waals surface area contributed by atoms with Crippen LogP contribution in [-0.2, 0) is 11.2 Å². The highest BCUT2D eigenvalue weighted by Gasteiger charge is 2.22. The van der Waals surface area contributed by atoms with Crippen LogP contribution in [0, 0.1) is 0 Å². The van der Waals surface area contributed by atoms with Crippen LogP contribution in [0.5, 0.6) is 0 Å². The summed E-state index contributed by atoms with van der Waals surface area (Å²) < 4.78 is 0. The SMILES string of the molecule is CCc1cc2c(N3CCN(C(=O)/C=C/c4c[nH]c5ccccc45)CC3)ncnc2s1. The van der Waals surface area contributed by atoms with Gasteiger partial charge in [-0.15, -0.1) is 11.3 Å². The van der Waals surface area contributed by atoms with Crippen molar-refractivity contribution in [3.8, 4) is 0 Å². The highest BCUT2D eigenvalue weighted by atomic mass is 32.1. The van der Waals surface area contributed by atoms with Gasteiger partial charge in [0, 0.05) is 54.2 Å². The Morgan fingerprint density at radius 1 is 1.17 bits per heavy atom. The third kappa shape index (κ3) is 3.45. The van der Waals surface area contributed by atoms with E-state index in [2.05, 4.69) is 38.9 Å². The highest BCUT2D eigenvalue weighted by molar-refractivity contribution is 7.18. The molecule has 6 nitrogen and oxygen atoms in total. The smallest absolute Gasteiger partial charge is 0.246 e. The maximum Gasteiger partial charge on any atom is 0.246 e. The lowest BCUT2D eigenvalue weighted by Gasteiger charge is -2.35. The van der Waals surface area contributed by atoms with Gasteiger partial charge in [-0.3, -0.25) is 4.79 Å². The Kier molecular flexibility index (Phi) is 4.96. The van der Waals surface area contributed by atoms with Gasteiger partial charge in [0.15, 0.2) is 0 Å². The topological polar surface area (TPSA) is 65.1 Å². The van der Waals surface area contributed by atoms with Crippen LogP contribution in [0.3, 0.4) is 0 Å². The van der Waals surface area contributed by atoms with Crippen LogP contribution >= 0.6 is 11.3 Å². The molecule has 1 fully saturated rings. The number of benzene rings is 1. The molecule has 0 unspecified atom stereocenters. The molecule has 0 aliphatic carbocycles. The number of rotatable bonds is 4. The number of aryl methyl sites for hydroxylation is 1. The normalized spacial score (nSPS) is 15.0. The van der Waals surface area contributed by atoms with Crippen molar-refractivity contribution in [3.63, 3.8) is 0 Å². The average molecular weight is 418 g/mol. The Balaban J connectivity index is 1.27. The van der Waals surface area contributed by atoms with Gasteiger partial charge < -0.3 is 14.8 Å². The number of carbonyl (C=O) groups excluding carboxylic acids is 1. The zero-order valence-electron chi connectivity index (χ0n) is 16.8. The first-order valence-corrected chi connectivity index (χ1v) is 11.1. The van der Waals surface area contributed by atoms with Gasteiger partial charge in [-0.2, -0.15) is 0 Å². The molecule has 4 heterocycles. The number of H-pyrrole nitrogens is 1.